The third kappa shape index (κ3) is 6.01. The van der Waals surface area contributed by atoms with Crippen LogP contribution in [0.5, 0.6) is 0 Å². The van der Waals surface area contributed by atoms with Gasteiger partial charge >= 0.3 is 6.09 Å². The molecule has 0 spiro atoms. The summed E-state index contributed by atoms with van der Waals surface area (Å²) in [5.74, 6) is 0.498. The van der Waals surface area contributed by atoms with Gasteiger partial charge in [-0.3, -0.25) is 5.32 Å². The molecule has 0 saturated carbocycles. The fraction of sp³-hybridized carbons (Fsp3) is 0.368. The Balaban J connectivity index is 1.96. The van der Waals surface area contributed by atoms with Crippen molar-refractivity contribution in [1.82, 2.24) is 4.98 Å². The number of nitrogens with one attached hydrogen (secondary N) is 1. The number of aryl methyl sites for hydroxylation is 2. The molecular weight excluding hydrogens is 302 g/mol. The molecule has 0 bridgehead atoms. The summed E-state index contributed by atoms with van der Waals surface area (Å²) in [6, 6.07) is 12.1. The monoisotopic (exact) mass is 327 g/mol. The van der Waals surface area contributed by atoms with Crippen LogP contribution in [0.4, 0.5) is 10.6 Å². The lowest BCUT2D eigenvalue weighted by molar-refractivity contribution is 0.0635. The van der Waals surface area contributed by atoms with E-state index in [9.17, 15) is 4.79 Å². The molecule has 0 aliphatic carbocycles. The molecule has 1 heterocycles. The van der Waals surface area contributed by atoms with Crippen LogP contribution in [0.25, 0.3) is 0 Å². The quantitative estimate of drug-likeness (QED) is 0.878. The third-order valence-corrected chi connectivity index (χ3v) is 3.38. The van der Waals surface area contributed by atoms with E-state index in [0.29, 0.717) is 12.4 Å². The van der Waals surface area contributed by atoms with E-state index in [1.54, 1.807) is 6.20 Å². The van der Waals surface area contributed by atoms with Crippen LogP contribution in [-0.2, 0) is 24.1 Å². The number of rotatable bonds is 5. The molecule has 24 heavy (non-hydrogen) atoms. The second-order valence-electron chi connectivity index (χ2n) is 6.70. The first-order chi connectivity index (χ1) is 11.4. The summed E-state index contributed by atoms with van der Waals surface area (Å²) < 4.78 is 5.23. The molecular formula is C19H25N3O2. The van der Waals surface area contributed by atoms with Gasteiger partial charge < -0.3 is 10.5 Å². The second-order valence-corrected chi connectivity index (χ2v) is 6.70. The number of ether oxygens (including phenoxy) is 1. The first-order valence-electron chi connectivity index (χ1n) is 8.08. The van der Waals surface area contributed by atoms with Crippen LogP contribution in [0, 0.1) is 0 Å². The van der Waals surface area contributed by atoms with Crippen LogP contribution >= 0.6 is 0 Å². The van der Waals surface area contributed by atoms with E-state index in [0.717, 1.165) is 24.0 Å². The summed E-state index contributed by atoms with van der Waals surface area (Å²) in [4.78, 5) is 16.0. The minimum Gasteiger partial charge on any atom is -0.444 e. The molecule has 1 amide bonds. The predicted octanol–water partition coefficient (Wildman–Crippen LogP) is 3.67. The van der Waals surface area contributed by atoms with Crippen molar-refractivity contribution >= 4 is 11.9 Å². The molecule has 0 saturated heterocycles. The lowest BCUT2D eigenvalue weighted by atomic mass is 10.0. The van der Waals surface area contributed by atoms with Crippen molar-refractivity contribution in [3.05, 3.63) is 59.3 Å². The number of hydrogen-bond acceptors (Lipinski definition) is 4. The highest BCUT2D eigenvalue weighted by atomic mass is 16.6. The molecule has 1 aromatic carbocycles. The first-order valence-corrected chi connectivity index (χ1v) is 8.08. The highest BCUT2D eigenvalue weighted by Gasteiger charge is 2.16. The predicted molar refractivity (Wildman–Crippen MR) is 95.8 cm³/mol. The topological polar surface area (TPSA) is 77.2 Å². The van der Waals surface area contributed by atoms with Crippen molar-refractivity contribution in [3.63, 3.8) is 0 Å². The van der Waals surface area contributed by atoms with Gasteiger partial charge in [0.2, 0.25) is 0 Å². The van der Waals surface area contributed by atoms with Gasteiger partial charge in [0.15, 0.2) is 0 Å². The zero-order chi connectivity index (χ0) is 17.6. The van der Waals surface area contributed by atoms with E-state index in [2.05, 4.69) is 22.4 Å². The molecule has 0 atom stereocenters. The second kappa shape index (κ2) is 7.93. The minimum absolute atomic E-state index is 0.497. The standard InChI is InChI=1S/C19H25N3O2/c1-19(2,3)24-18(23)22-17-12-15(9-10-21-17)8-7-14-5-4-6-16(11-14)13-20/h4-6,9-12H,7-8,13,20H2,1-3H3,(H,21,22,23). The van der Waals surface area contributed by atoms with Gasteiger partial charge in [-0.2, -0.15) is 0 Å². The lowest BCUT2D eigenvalue weighted by Gasteiger charge is -2.19. The van der Waals surface area contributed by atoms with Crippen LogP contribution in [-0.4, -0.2) is 16.7 Å². The molecule has 0 radical (unpaired) electrons. The molecule has 0 fully saturated rings. The van der Waals surface area contributed by atoms with E-state index >= 15 is 0 Å². The summed E-state index contributed by atoms with van der Waals surface area (Å²) in [7, 11) is 0. The van der Waals surface area contributed by atoms with Crippen LogP contribution in [0.3, 0.4) is 0 Å². The number of carbonyl (C=O) groups excluding carboxylic acids is 1. The van der Waals surface area contributed by atoms with Gasteiger partial charge in [-0.05, 0) is 62.4 Å². The number of amides is 1. The normalized spacial score (nSPS) is 11.2. The van der Waals surface area contributed by atoms with Crippen LogP contribution in [0.15, 0.2) is 42.6 Å². The van der Waals surface area contributed by atoms with E-state index in [4.69, 9.17) is 10.5 Å². The smallest absolute Gasteiger partial charge is 0.413 e. The summed E-state index contributed by atoms with van der Waals surface area (Å²) in [6.45, 7) is 6.02. The number of nitrogens with two attached hydrogens (primary N) is 1. The number of hydrogen-bond donors (Lipinski definition) is 2. The largest absolute Gasteiger partial charge is 0.444 e. The van der Waals surface area contributed by atoms with Crippen molar-refractivity contribution < 1.29 is 9.53 Å². The molecule has 1 aromatic heterocycles. The number of benzene rings is 1. The van der Waals surface area contributed by atoms with Gasteiger partial charge in [0.05, 0.1) is 0 Å². The Labute approximate surface area is 143 Å². The lowest BCUT2D eigenvalue weighted by Crippen LogP contribution is -2.27. The maximum atomic E-state index is 11.8. The average Bonchev–Trinajstić information content (AvgIpc) is 2.51. The molecule has 128 valence electrons. The summed E-state index contributed by atoms with van der Waals surface area (Å²) in [5, 5.41) is 2.67. The molecule has 2 aromatic rings. The Morgan fingerprint density at radius 3 is 2.46 bits per heavy atom. The molecule has 0 unspecified atom stereocenters. The maximum Gasteiger partial charge on any atom is 0.413 e. The first kappa shape index (κ1) is 17.9. The van der Waals surface area contributed by atoms with Crippen LogP contribution < -0.4 is 11.1 Å². The zero-order valence-corrected chi connectivity index (χ0v) is 14.5. The number of anilines is 1. The van der Waals surface area contributed by atoms with Crippen molar-refractivity contribution in [2.45, 2.75) is 45.8 Å². The molecule has 0 aliphatic rings. The Kier molecular flexibility index (Phi) is 5.93. The van der Waals surface area contributed by atoms with E-state index < -0.39 is 11.7 Å². The number of aromatic nitrogens is 1. The van der Waals surface area contributed by atoms with Crippen molar-refractivity contribution in [2.24, 2.45) is 5.73 Å². The average molecular weight is 327 g/mol. The minimum atomic E-state index is -0.532. The zero-order valence-electron chi connectivity index (χ0n) is 14.5. The van der Waals surface area contributed by atoms with Crippen molar-refractivity contribution in [3.8, 4) is 0 Å². The summed E-state index contributed by atoms with van der Waals surface area (Å²) in [6.07, 6.45) is 2.96. The number of nitrogens with zero attached hydrogens (tertiary/aromatic N) is 1. The molecule has 5 heteroatoms. The Hall–Kier alpha value is -2.40. The van der Waals surface area contributed by atoms with Gasteiger partial charge in [0.25, 0.3) is 0 Å². The van der Waals surface area contributed by atoms with Gasteiger partial charge in [-0.1, -0.05) is 24.3 Å². The van der Waals surface area contributed by atoms with Gasteiger partial charge in [-0.25, -0.2) is 9.78 Å². The molecule has 3 N–H and O–H groups in total. The maximum absolute atomic E-state index is 11.8. The van der Waals surface area contributed by atoms with Crippen LogP contribution in [0.2, 0.25) is 0 Å². The SMILES string of the molecule is CC(C)(C)OC(=O)Nc1cc(CCc2cccc(CN)c2)ccn1. The van der Waals surface area contributed by atoms with E-state index in [1.165, 1.54) is 5.56 Å². The summed E-state index contributed by atoms with van der Waals surface area (Å²) in [5.41, 5.74) is 8.63. The fourth-order valence-electron chi connectivity index (χ4n) is 2.31. The molecule has 0 aliphatic heterocycles. The fourth-order valence-corrected chi connectivity index (χ4v) is 2.31. The van der Waals surface area contributed by atoms with Crippen molar-refractivity contribution in [2.75, 3.05) is 5.32 Å². The molecule has 5 nitrogen and oxygen atoms in total. The van der Waals surface area contributed by atoms with Gasteiger partial charge in [0.1, 0.15) is 11.4 Å². The Morgan fingerprint density at radius 1 is 1.12 bits per heavy atom. The summed E-state index contributed by atoms with van der Waals surface area (Å²) >= 11 is 0. The van der Waals surface area contributed by atoms with E-state index in [1.807, 2.05) is 45.0 Å². The number of carbonyl (C=O) groups is 1. The highest BCUT2D eigenvalue weighted by Crippen LogP contribution is 2.14. The Bertz CT molecular complexity index is 693. The van der Waals surface area contributed by atoms with Gasteiger partial charge in [0, 0.05) is 12.7 Å². The van der Waals surface area contributed by atoms with E-state index in [-0.39, 0.29) is 0 Å². The van der Waals surface area contributed by atoms with Crippen LogP contribution in [0.1, 0.15) is 37.5 Å². The Morgan fingerprint density at radius 2 is 1.79 bits per heavy atom. The highest BCUT2D eigenvalue weighted by molar-refractivity contribution is 5.83. The number of pyridine rings is 1. The van der Waals surface area contributed by atoms with Gasteiger partial charge in [-0.15, -0.1) is 0 Å². The third-order valence-electron chi connectivity index (χ3n) is 3.38. The van der Waals surface area contributed by atoms with Crippen molar-refractivity contribution in [1.29, 1.82) is 0 Å². The molecule has 2 rings (SSSR count).